The van der Waals surface area contributed by atoms with E-state index < -0.39 is 0 Å². The van der Waals surface area contributed by atoms with Crippen LogP contribution in [0.3, 0.4) is 0 Å². The standard InChI is InChI=1S/C13H21NO/c1-3-5-6-7-8-9-10-11-13(15)14-12-4-2/h3,5-7,10-11H,4,8-9,12H2,1-2H3,(H,14,15)/b5-3+,7-6+,11-10+. The van der Waals surface area contributed by atoms with Crippen LogP contribution in [0.25, 0.3) is 0 Å². The smallest absolute Gasteiger partial charge is 0.243 e. The van der Waals surface area contributed by atoms with Crippen molar-refractivity contribution in [2.75, 3.05) is 6.54 Å². The van der Waals surface area contributed by atoms with Gasteiger partial charge in [0.2, 0.25) is 5.91 Å². The zero-order chi connectivity index (χ0) is 11.4. The van der Waals surface area contributed by atoms with Crippen molar-refractivity contribution in [1.82, 2.24) is 5.32 Å². The van der Waals surface area contributed by atoms with Crippen molar-refractivity contribution in [1.29, 1.82) is 0 Å². The van der Waals surface area contributed by atoms with Crippen LogP contribution in [-0.2, 0) is 4.79 Å². The number of nitrogens with one attached hydrogen (secondary N) is 1. The molecule has 0 aliphatic rings. The molecule has 2 nitrogen and oxygen atoms in total. The van der Waals surface area contributed by atoms with E-state index in [1.807, 2.05) is 38.2 Å². The van der Waals surface area contributed by atoms with Crippen LogP contribution in [-0.4, -0.2) is 12.5 Å². The number of amides is 1. The first-order valence-electron chi connectivity index (χ1n) is 5.53. The van der Waals surface area contributed by atoms with Crippen LogP contribution in [0.1, 0.15) is 33.1 Å². The third kappa shape index (κ3) is 10.6. The Morgan fingerprint density at radius 2 is 1.93 bits per heavy atom. The quantitative estimate of drug-likeness (QED) is 0.388. The molecule has 0 radical (unpaired) electrons. The second-order valence-corrected chi connectivity index (χ2v) is 3.22. The highest BCUT2D eigenvalue weighted by molar-refractivity contribution is 5.87. The fourth-order valence-corrected chi connectivity index (χ4v) is 0.976. The van der Waals surface area contributed by atoms with E-state index in [0.29, 0.717) is 0 Å². The molecule has 0 aliphatic carbocycles. The van der Waals surface area contributed by atoms with Gasteiger partial charge in [-0.3, -0.25) is 4.79 Å². The molecule has 0 aliphatic heterocycles. The van der Waals surface area contributed by atoms with Gasteiger partial charge in [-0.1, -0.05) is 37.3 Å². The van der Waals surface area contributed by atoms with Crippen molar-refractivity contribution in [2.24, 2.45) is 0 Å². The van der Waals surface area contributed by atoms with E-state index in [1.165, 1.54) is 0 Å². The average Bonchev–Trinajstić information content (AvgIpc) is 2.25. The van der Waals surface area contributed by atoms with E-state index in [9.17, 15) is 4.79 Å². The predicted octanol–water partition coefficient (Wildman–Crippen LogP) is 2.98. The van der Waals surface area contributed by atoms with Gasteiger partial charge < -0.3 is 5.32 Å². The maximum absolute atomic E-state index is 11.1. The van der Waals surface area contributed by atoms with Gasteiger partial charge in [0.25, 0.3) is 0 Å². The number of rotatable bonds is 7. The first-order chi connectivity index (χ1) is 7.31. The maximum atomic E-state index is 11.1. The number of hydrogen-bond donors (Lipinski definition) is 1. The Balaban J connectivity index is 3.49. The van der Waals surface area contributed by atoms with Crippen molar-refractivity contribution in [3.63, 3.8) is 0 Å². The number of unbranched alkanes of at least 4 members (excludes halogenated alkanes) is 1. The van der Waals surface area contributed by atoms with E-state index >= 15 is 0 Å². The summed E-state index contributed by atoms with van der Waals surface area (Å²) in [5, 5.41) is 2.79. The third-order valence-electron chi connectivity index (χ3n) is 1.76. The predicted molar refractivity (Wildman–Crippen MR) is 65.6 cm³/mol. The Bertz CT molecular complexity index is 239. The molecule has 0 bridgehead atoms. The van der Waals surface area contributed by atoms with Crippen LogP contribution < -0.4 is 5.32 Å². The summed E-state index contributed by atoms with van der Waals surface area (Å²) in [6.07, 6.45) is 14.5. The lowest BCUT2D eigenvalue weighted by molar-refractivity contribution is -0.116. The lowest BCUT2D eigenvalue weighted by Crippen LogP contribution is -2.21. The molecule has 0 saturated carbocycles. The van der Waals surface area contributed by atoms with Crippen LogP contribution in [0.5, 0.6) is 0 Å². The zero-order valence-corrected chi connectivity index (χ0v) is 9.70. The van der Waals surface area contributed by atoms with Crippen LogP contribution in [0.4, 0.5) is 0 Å². The summed E-state index contributed by atoms with van der Waals surface area (Å²) < 4.78 is 0. The van der Waals surface area contributed by atoms with E-state index in [-0.39, 0.29) is 5.91 Å². The lowest BCUT2D eigenvalue weighted by atomic mass is 10.2. The molecule has 15 heavy (non-hydrogen) atoms. The van der Waals surface area contributed by atoms with Gasteiger partial charge in [-0.15, -0.1) is 0 Å². The van der Waals surface area contributed by atoms with Crippen molar-refractivity contribution in [2.45, 2.75) is 33.1 Å². The minimum absolute atomic E-state index is 0.00860. The maximum Gasteiger partial charge on any atom is 0.243 e. The van der Waals surface area contributed by atoms with Crippen LogP contribution in [0, 0.1) is 0 Å². The van der Waals surface area contributed by atoms with E-state index in [2.05, 4.69) is 11.4 Å². The monoisotopic (exact) mass is 207 g/mol. The molecule has 0 heterocycles. The normalized spacial score (nSPS) is 11.9. The molecule has 0 atom stereocenters. The van der Waals surface area contributed by atoms with E-state index in [4.69, 9.17) is 0 Å². The Labute approximate surface area is 92.8 Å². The largest absolute Gasteiger partial charge is 0.353 e. The first kappa shape index (κ1) is 13.7. The minimum Gasteiger partial charge on any atom is -0.353 e. The van der Waals surface area contributed by atoms with E-state index in [0.717, 1.165) is 25.8 Å². The van der Waals surface area contributed by atoms with Gasteiger partial charge in [0.15, 0.2) is 0 Å². The molecule has 0 rings (SSSR count). The average molecular weight is 207 g/mol. The van der Waals surface area contributed by atoms with Gasteiger partial charge in [0.1, 0.15) is 0 Å². The molecular weight excluding hydrogens is 186 g/mol. The fourth-order valence-electron chi connectivity index (χ4n) is 0.976. The van der Waals surface area contributed by atoms with Gasteiger partial charge in [-0.05, 0) is 32.3 Å². The lowest BCUT2D eigenvalue weighted by Gasteiger charge is -1.96. The Morgan fingerprint density at radius 1 is 1.20 bits per heavy atom. The molecule has 0 fully saturated rings. The summed E-state index contributed by atoms with van der Waals surface area (Å²) in [5.74, 6) is 0.00860. The van der Waals surface area contributed by atoms with E-state index in [1.54, 1.807) is 6.08 Å². The number of carbonyl (C=O) groups is 1. The molecule has 0 saturated heterocycles. The van der Waals surface area contributed by atoms with Gasteiger partial charge in [-0.2, -0.15) is 0 Å². The SMILES string of the molecule is C/C=C/C=C/CC/C=C/C(=O)NCCC. The summed E-state index contributed by atoms with van der Waals surface area (Å²) in [7, 11) is 0. The molecule has 0 spiro atoms. The molecule has 2 heteroatoms. The Hall–Kier alpha value is -1.31. The summed E-state index contributed by atoms with van der Waals surface area (Å²) >= 11 is 0. The highest BCUT2D eigenvalue weighted by Gasteiger charge is 1.90. The zero-order valence-electron chi connectivity index (χ0n) is 9.70. The van der Waals surface area contributed by atoms with Crippen LogP contribution >= 0.6 is 0 Å². The van der Waals surface area contributed by atoms with Crippen molar-refractivity contribution >= 4 is 5.91 Å². The Kier molecular flexibility index (Phi) is 9.83. The minimum atomic E-state index is 0.00860. The Morgan fingerprint density at radius 3 is 2.60 bits per heavy atom. The number of carbonyl (C=O) groups excluding carboxylic acids is 1. The molecular formula is C13H21NO. The topological polar surface area (TPSA) is 29.1 Å². The third-order valence-corrected chi connectivity index (χ3v) is 1.76. The summed E-state index contributed by atoms with van der Waals surface area (Å²) in [6, 6.07) is 0. The van der Waals surface area contributed by atoms with Crippen molar-refractivity contribution < 1.29 is 4.79 Å². The first-order valence-corrected chi connectivity index (χ1v) is 5.53. The molecule has 84 valence electrons. The summed E-state index contributed by atoms with van der Waals surface area (Å²) in [6.45, 7) is 4.78. The molecule has 0 aromatic carbocycles. The van der Waals surface area contributed by atoms with Crippen molar-refractivity contribution in [3.8, 4) is 0 Å². The van der Waals surface area contributed by atoms with Crippen LogP contribution in [0.2, 0.25) is 0 Å². The molecule has 0 aromatic rings. The number of allylic oxidation sites excluding steroid dienone is 5. The van der Waals surface area contributed by atoms with Gasteiger partial charge >= 0.3 is 0 Å². The summed E-state index contributed by atoms with van der Waals surface area (Å²) in [4.78, 5) is 11.1. The second-order valence-electron chi connectivity index (χ2n) is 3.22. The molecule has 0 aromatic heterocycles. The molecule has 1 N–H and O–H groups in total. The fraction of sp³-hybridized carbons (Fsp3) is 0.462. The molecule has 1 amide bonds. The second kappa shape index (κ2) is 10.8. The highest BCUT2D eigenvalue weighted by atomic mass is 16.1. The van der Waals surface area contributed by atoms with Gasteiger partial charge in [0, 0.05) is 6.54 Å². The van der Waals surface area contributed by atoms with Crippen LogP contribution in [0.15, 0.2) is 36.5 Å². The van der Waals surface area contributed by atoms with Gasteiger partial charge in [0.05, 0.1) is 0 Å². The van der Waals surface area contributed by atoms with Gasteiger partial charge in [-0.25, -0.2) is 0 Å². The molecule has 0 unspecified atom stereocenters. The number of hydrogen-bond acceptors (Lipinski definition) is 1. The highest BCUT2D eigenvalue weighted by Crippen LogP contribution is 1.93. The van der Waals surface area contributed by atoms with Crippen molar-refractivity contribution in [3.05, 3.63) is 36.5 Å². The summed E-state index contributed by atoms with van der Waals surface area (Å²) in [5.41, 5.74) is 0.